The molecule has 0 aliphatic heterocycles. The van der Waals surface area contributed by atoms with Gasteiger partial charge in [-0.05, 0) is 50.2 Å². The van der Waals surface area contributed by atoms with E-state index in [1.54, 1.807) is 13.2 Å². The van der Waals surface area contributed by atoms with Crippen molar-refractivity contribution < 1.29 is 9.13 Å². The van der Waals surface area contributed by atoms with Crippen LogP contribution in [0.1, 0.15) is 28.4 Å². The second-order valence-corrected chi connectivity index (χ2v) is 4.82. The second kappa shape index (κ2) is 6.01. The summed E-state index contributed by atoms with van der Waals surface area (Å²) in [7, 11) is 3.51. The molecule has 1 aromatic carbocycles. The van der Waals surface area contributed by atoms with Crippen LogP contribution in [0.4, 0.5) is 4.39 Å². The number of aromatic nitrogens is 1. The fourth-order valence-corrected chi connectivity index (χ4v) is 2.48. The zero-order valence-corrected chi connectivity index (χ0v) is 12.2. The van der Waals surface area contributed by atoms with Gasteiger partial charge in [-0.15, -0.1) is 0 Å². The number of rotatable bonds is 4. The zero-order chi connectivity index (χ0) is 14.7. The second-order valence-electron chi connectivity index (χ2n) is 4.82. The van der Waals surface area contributed by atoms with Crippen LogP contribution in [0.25, 0.3) is 0 Å². The van der Waals surface area contributed by atoms with Crippen molar-refractivity contribution in [1.29, 1.82) is 0 Å². The van der Waals surface area contributed by atoms with Crippen molar-refractivity contribution in [2.24, 2.45) is 0 Å². The standard InChI is InChI=1S/C16H19FN2O/c1-10-7-11(2)15(14(8-10)20-4)16(18-3)13-6-5-12(17)9-19-13/h5-9,16,18H,1-4H3. The molecular formula is C16H19FN2O. The first-order valence-electron chi connectivity index (χ1n) is 6.50. The average molecular weight is 274 g/mol. The smallest absolute Gasteiger partial charge is 0.141 e. The molecular weight excluding hydrogens is 255 g/mol. The Morgan fingerprint density at radius 2 is 2.00 bits per heavy atom. The van der Waals surface area contributed by atoms with Gasteiger partial charge in [0, 0.05) is 5.56 Å². The fraction of sp³-hybridized carbons (Fsp3) is 0.312. The van der Waals surface area contributed by atoms with E-state index in [9.17, 15) is 4.39 Å². The van der Waals surface area contributed by atoms with Gasteiger partial charge in [-0.25, -0.2) is 4.39 Å². The molecule has 1 atom stereocenters. The number of hydrogen-bond acceptors (Lipinski definition) is 3. The van der Waals surface area contributed by atoms with Crippen LogP contribution >= 0.6 is 0 Å². The molecule has 106 valence electrons. The maximum absolute atomic E-state index is 13.0. The van der Waals surface area contributed by atoms with E-state index in [2.05, 4.69) is 16.4 Å². The third-order valence-corrected chi connectivity index (χ3v) is 3.34. The van der Waals surface area contributed by atoms with Gasteiger partial charge in [0.15, 0.2) is 0 Å². The third kappa shape index (κ3) is 2.80. The Morgan fingerprint density at radius 3 is 2.55 bits per heavy atom. The third-order valence-electron chi connectivity index (χ3n) is 3.34. The van der Waals surface area contributed by atoms with Crippen LogP contribution < -0.4 is 10.1 Å². The Kier molecular flexibility index (Phi) is 4.35. The fourth-order valence-electron chi connectivity index (χ4n) is 2.48. The van der Waals surface area contributed by atoms with E-state index in [0.717, 1.165) is 28.1 Å². The van der Waals surface area contributed by atoms with Gasteiger partial charge in [0.2, 0.25) is 0 Å². The van der Waals surface area contributed by atoms with Gasteiger partial charge in [-0.3, -0.25) is 4.98 Å². The first-order chi connectivity index (χ1) is 9.56. The van der Waals surface area contributed by atoms with Crippen LogP contribution in [0, 0.1) is 19.7 Å². The zero-order valence-electron chi connectivity index (χ0n) is 12.2. The minimum Gasteiger partial charge on any atom is -0.496 e. The number of halogens is 1. The Labute approximate surface area is 118 Å². The van der Waals surface area contributed by atoms with Crippen molar-refractivity contribution in [2.75, 3.05) is 14.2 Å². The summed E-state index contributed by atoms with van der Waals surface area (Å²) in [5.41, 5.74) is 4.05. The molecule has 0 fully saturated rings. The first kappa shape index (κ1) is 14.5. The molecule has 0 saturated carbocycles. The summed E-state index contributed by atoms with van der Waals surface area (Å²) >= 11 is 0. The molecule has 2 rings (SSSR count). The SMILES string of the molecule is CNC(c1ccc(F)cn1)c1c(C)cc(C)cc1OC. The lowest BCUT2D eigenvalue weighted by Gasteiger charge is -2.21. The van der Waals surface area contributed by atoms with Crippen molar-refractivity contribution in [3.8, 4) is 5.75 Å². The minimum absolute atomic E-state index is 0.133. The molecule has 4 heteroatoms. The first-order valence-corrected chi connectivity index (χ1v) is 6.50. The van der Waals surface area contributed by atoms with E-state index in [-0.39, 0.29) is 11.9 Å². The number of nitrogens with one attached hydrogen (secondary N) is 1. The van der Waals surface area contributed by atoms with Gasteiger partial charge in [0.1, 0.15) is 11.6 Å². The number of pyridine rings is 1. The lowest BCUT2D eigenvalue weighted by atomic mass is 9.95. The van der Waals surface area contributed by atoms with E-state index in [4.69, 9.17) is 4.74 Å². The summed E-state index contributed by atoms with van der Waals surface area (Å²) in [6, 6.07) is 7.07. The van der Waals surface area contributed by atoms with Gasteiger partial charge in [-0.2, -0.15) is 0 Å². The molecule has 0 radical (unpaired) electrons. The van der Waals surface area contributed by atoms with Crippen molar-refractivity contribution >= 4 is 0 Å². The predicted molar refractivity (Wildman–Crippen MR) is 77.6 cm³/mol. The molecule has 0 aliphatic carbocycles. The van der Waals surface area contributed by atoms with Gasteiger partial charge in [-0.1, -0.05) is 6.07 Å². The van der Waals surface area contributed by atoms with E-state index in [1.165, 1.54) is 12.3 Å². The minimum atomic E-state index is -0.337. The summed E-state index contributed by atoms with van der Waals surface area (Å²) in [6.45, 7) is 4.07. The summed E-state index contributed by atoms with van der Waals surface area (Å²) in [6.07, 6.45) is 1.23. The highest BCUT2D eigenvalue weighted by Crippen LogP contribution is 2.33. The number of hydrogen-bond donors (Lipinski definition) is 1. The molecule has 0 bridgehead atoms. The van der Waals surface area contributed by atoms with Crippen molar-refractivity contribution in [3.63, 3.8) is 0 Å². The molecule has 1 aromatic heterocycles. The van der Waals surface area contributed by atoms with Crippen LogP contribution in [-0.4, -0.2) is 19.1 Å². The molecule has 0 aliphatic rings. The average Bonchev–Trinajstić information content (AvgIpc) is 2.43. The van der Waals surface area contributed by atoms with Gasteiger partial charge < -0.3 is 10.1 Å². The van der Waals surface area contributed by atoms with Crippen molar-refractivity contribution in [2.45, 2.75) is 19.9 Å². The van der Waals surface area contributed by atoms with Gasteiger partial charge in [0.05, 0.1) is 25.0 Å². The quantitative estimate of drug-likeness (QED) is 0.930. The Bertz CT molecular complexity index is 596. The largest absolute Gasteiger partial charge is 0.496 e. The van der Waals surface area contributed by atoms with E-state index in [0.29, 0.717) is 0 Å². The number of nitrogens with zero attached hydrogens (tertiary/aromatic N) is 1. The molecule has 1 heterocycles. The lowest BCUT2D eigenvalue weighted by molar-refractivity contribution is 0.404. The van der Waals surface area contributed by atoms with E-state index >= 15 is 0 Å². The Balaban J connectivity index is 2.54. The molecule has 0 saturated heterocycles. The number of aryl methyl sites for hydroxylation is 2. The maximum atomic E-state index is 13.0. The van der Waals surface area contributed by atoms with Crippen LogP contribution in [0.5, 0.6) is 5.75 Å². The summed E-state index contributed by atoms with van der Waals surface area (Å²) in [5.74, 6) is 0.476. The van der Waals surface area contributed by atoms with Crippen LogP contribution in [0.3, 0.4) is 0 Å². The summed E-state index contributed by atoms with van der Waals surface area (Å²) in [5, 5.41) is 3.22. The lowest BCUT2D eigenvalue weighted by Crippen LogP contribution is -2.20. The Morgan fingerprint density at radius 1 is 1.25 bits per heavy atom. The predicted octanol–water partition coefficient (Wildman–Crippen LogP) is 3.15. The molecule has 3 nitrogen and oxygen atoms in total. The van der Waals surface area contributed by atoms with Crippen LogP contribution in [0.15, 0.2) is 30.5 Å². The topological polar surface area (TPSA) is 34.2 Å². The van der Waals surface area contributed by atoms with E-state index in [1.807, 2.05) is 27.0 Å². The highest BCUT2D eigenvalue weighted by molar-refractivity contribution is 5.47. The van der Waals surface area contributed by atoms with E-state index < -0.39 is 0 Å². The molecule has 0 amide bonds. The van der Waals surface area contributed by atoms with Crippen molar-refractivity contribution in [3.05, 3.63) is 58.7 Å². The highest BCUT2D eigenvalue weighted by Gasteiger charge is 2.20. The summed E-state index contributed by atoms with van der Waals surface area (Å²) in [4.78, 5) is 4.17. The number of ether oxygens (including phenoxy) is 1. The monoisotopic (exact) mass is 274 g/mol. The van der Waals surface area contributed by atoms with Crippen LogP contribution in [0.2, 0.25) is 0 Å². The molecule has 20 heavy (non-hydrogen) atoms. The molecule has 1 N–H and O–H groups in total. The van der Waals surface area contributed by atoms with Gasteiger partial charge >= 0.3 is 0 Å². The molecule has 2 aromatic rings. The molecule has 0 spiro atoms. The number of benzene rings is 1. The highest BCUT2D eigenvalue weighted by atomic mass is 19.1. The van der Waals surface area contributed by atoms with Gasteiger partial charge in [0.25, 0.3) is 0 Å². The number of methoxy groups -OCH3 is 1. The Hall–Kier alpha value is -1.94. The normalized spacial score (nSPS) is 12.2. The summed E-state index contributed by atoms with van der Waals surface area (Å²) < 4.78 is 18.5. The van der Waals surface area contributed by atoms with Crippen molar-refractivity contribution in [1.82, 2.24) is 10.3 Å². The maximum Gasteiger partial charge on any atom is 0.141 e. The molecule has 1 unspecified atom stereocenters. The van der Waals surface area contributed by atoms with Crippen LogP contribution in [-0.2, 0) is 0 Å².